The number of anilines is 1. The van der Waals surface area contributed by atoms with Crippen LogP contribution in [0.1, 0.15) is 31.2 Å². The smallest absolute Gasteiger partial charge is 0.264 e. The Morgan fingerprint density at radius 1 is 1.08 bits per heavy atom. The Hall–Kier alpha value is -4.23. The summed E-state index contributed by atoms with van der Waals surface area (Å²) in [5.74, 6) is 5.96. The topological polar surface area (TPSA) is 103 Å². The Balaban J connectivity index is 1.57. The highest BCUT2D eigenvalue weighted by Gasteiger charge is 2.19. The minimum atomic E-state index is -3.99. The fraction of sp³-hybridized carbons (Fsp3) is 0.222. The van der Waals surface area contributed by atoms with E-state index in [1.807, 2.05) is 0 Å². The highest BCUT2D eigenvalue weighted by atomic mass is 32.2. The fourth-order valence-electron chi connectivity index (χ4n) is 4.40. The number of nitrogens with one attached hydrogen (secondary N) is 1. The van der Waals surface area contributed by atoms with Crippen LogP contribution in [0.15, 0.2) is 70.6 Å². The predicted octanol–water partition coefficient (Wildman–Crippen LogP) is 4.27. The molecule has 2 heterocycles. The van der Waals surface area contributed by atoms with Gasteiger partial charge >= 0.3 is 0 Å². The van der Waals surface area contributed by atoms with Crippen LogP contribution in [-0.4, -0.2) is 30.1 Å². The van der Waals surface area contributed by atoms with Crippen LogP contribution in [0.25, 0.3) is 16.6 Å². The zero-order valence-electron chi connectivity index (χ0n) is 19.9. The average Bonchev–Trinajstić information content (AvgIpc) is 3.42. The third-order valence-corrected chi connectivity index (χ3v) is 7.57. The average molecular weight is 519 g/mol. The van der Waals surface area contributed by atoms with Crippen molar-refractivity contribution in [3.05, 3.63) is 82.7 Å². The molecular weight excluding hydrogens is 495 g/mol. The van der Waals surface area contributed by atoms with Crippen LogP contribution >= 0.6 is 0 Å². The van der Waals surface area contributed by atoms with Gasteiger partial charge in [0, 0.05) is 41.9 Å². The van der Waals surface area contributed by atoms with Crippen LogP contribution in [0.4, 0.5) is 10.3 Å². The summed E-state index contributed by atoms with van der Waals surface area (Å²) >= 11 is 0. The molecule has 0 saturated heterocycles. The number of nitrogens with zero attached hydrogens (tertiary/aromatic N) is 3. The standard InChI is InChI=1S/C27H23FN4O4S/c1-36-25-16-19(8-7-18-5-2-3-6-18)22(28)17-24(25)32-23-11-10-21(15-20(23)9-12-26(32)33)37(34,35)31-27-29-13-4-14-30-27/h4,9-18H,2-3,5-6H2,1H3,(H,29,30,31). The van der Waals surface area contributed by atoms with E-state index in [-0.39, 0.29) is 33.8 Å². The number of pyridine rings is 1. The van der Waals surface area contributed by atoms with Crippen molar-refractivity contribution in [3.63, 3.8) is 0 Å². The van der Waals surface area contributed by atoms with Gasteiger partial charge in [-0.3, -0.25) is 9.36 Å². The molecule has 2 aromatic heterocycles. The van der Waals surface area contributed by atoms with Crippen molar-refractivity contribution in [1.29, 1.82) is 0 Å². The summed E-state index contributed by atoms with van der Waals surface area (Å²) in [5.41, 5.74) is 0.336. The number of ether oxygens (including phenoxy) is 1. The van der Waals surface area contributed by atoms with Gasteiger partial charge in [0.05, 0.1) is 28.8 Å². The SMILES string of the molecule is COc1cc(C#CC2CCCC2)c(F)cc1-n1c(=O)ccc2cc(S(=O)(=O)Nc3ncccn3)ccc21. The van der Waals surface area contributed by atoms with Gasteiger partial charge in [-0.15, -0.1) is 0 Å². The number of aromatic nitrogens is 3. The third kappa shape index (κ3) is 5.04. The molecule has 1 saturated carbocycles. The normalized spacial score (nSPS) is 13.8. The van der Waals surface area contributed by atoms with E-state index in [2.05, 4.69) is 26.5 Å². The molecule has 188 valence electrons. The molecular formula is C27H23FN4O4S. The highest BCUT2D eigenvalue weighted by Crippen LogP contribution is 2.30. The van der Waals surface area contributed by atoms with E-state index in [0.29, 0.717) is 10.9 Å². The highest BCUT2D eigenvalue weighted by molar-refractivity contribution is 7.92. The van der Waals surface area contributed by atoms with E-state index in [4.69, 9.17) is 4.74 Å². The molecule has 0 spiro atoms. The minimum absolute atomic E-state index is 0.0478. The van der Waals surface area contributed by atoms with Gasteiger partial charge in [-0.25, -0.2) is 27.5 Å². The van der Waals surface area contributed by atoms with Crippen molar-refractivity contribution in [1.82, 2.24) is 14.5 Å². The zero-order valence-corrected chi connectivity index (χ0v) is 20.8. The summed E-state index contributed by atoms with van der Waals surface area (Å²) in [7, 11) is -2.56. The van der Waals surface area contributed by atoms with Gasteiger partial charge in [-0.05, 0) is 43.2 Å². The van der Waals surface area contributed by atoms with E-state index in [1.54, 1.807) is 6.07 Å². The predicted molar refractivity (Wildman–Crippen MR) is 138 cm³/mol. The maximum Gasteiger partial charge on any atom is 0.264 e. The number of fused-ring (bicyclic) bond motifs is 1. The number of sulfonamides is 1. The van der Waals surface area contributed by atoms with E-state index in [9.17, 15) is 13.2 Å². The van der Waals surface area contributed by atoms with E-state index in [1.165, 1.54) is 66.5 Å². The van der Waals surface area contributed by atoms with Gasteiger partial charge in [0.1, 0.15) is 11.6 Å². The molecule has 10 heteroatoms. The lowest BCUT2D eigenvalue weighted by molar-refractivity contribution is 0.411. The van der Waals surface area contributed by atoms with Crippen LogP contribution in [-0.2, 0) is 10.0 Å². The Morgan fingerprint density at radius 3 is 2.57 bits per heavy atom. The van der Waals surface area contributed by atoms with E-state index >= 15 is 4.39 Å². The molecule has 5 rings (SSSR count). The molecule has 2 aromatic carbocycles. The lowest BCUT2D eigenvalue weighted by Crippen LogP contribution is -2.19. The molecule has 37 heavy (non-hydrogen) atoms. The number of benzene rings is 2. The lowest BCUT2D eigenvalue weighted by Gasteiger charge is -2.15. The first-order valence-electron chi connectivity index (χ1n) is 11.7. The van der Waals surface area contributed by atoms with Crippen LogP contribution in [0.3, 0.4) is 0 Å². The van der Waals surface area contributed by atoms with Crippen LogP contribution in [0, 0.1) is 23.6 Å². The summed E-state index contributed by atoms with van der Waals surface area (Å²) < 4.78 is 49.9. The van der Waals surface area contributed by atoms with Crippen molar-refractivity contribution >= 4 is 26.9 Å². The molecule has 1 aliphatic carbocycles. The van der Waals surface area contributed by atoms with Gasteiger partial charge in [-0.1, -0.05) is 24.7 Å². The van der Waals surface area contributed by atoms with Gasteiger partial charge in [0.2, 0.25) is 5.95 Å². The summed E-state index contributed by atoms with van der Waals surface area (Å²) in [6, 6.07) is 11.3. The second kappa shape index (κ2) is 10.0. The third-order valence-electron chi connectivity index (χ3n) is 6.24. The molecule has 4 aromatic rings. The number of rotatable bonds is 5. The molecule has 0 bridgehead atoms. The minimum Gasteiger partial charge on any atom is -0.495 e. The van der Waals surface area contributed by atoms with E-state index < -0.39 is 21.4 Å². The fourth-order valence-corrected chi connectivity index (χ4v) is 5.39. The number of hydrogen-bond donors (Lipinski definition) is 1. The summed E-state index contributed by atoms with van der Waals surface area (Å²) in [6.07, 6.45) is 7.13. The first-order valence-corrected chi connectivity index (χ1v) is 13.2. The molecule has 0 unspecified atom stereocenters. The molecule has 0 atom stereocenters. The molecule has 0 aliphatic heterocycles. The number of halogens is 1. The van der Waals surface area contributed by atoms with Crippen molar-refractivity contribution in [3.8, 4) is 23.3 Å². The van der Waals surface area contributed by atoms with Gasteiger partial charge < -0.3 is 4.74 Å². The maximum absolute atomic E-state index is 15.1. The number of hydrogen-bond acceptors (Lipinski definition) is 6. The second-order valence-corrected chi connectivity index (χ2v) is 10.3. The van der Waals surface area contributed by atoms with Crippen molar-refractivity contribution in [2.24, 2.45) is 5.92 Å². The first-order chi connectivity index (χ1) is 17.9. The Kier molecular flexibility index (Phi) is 6.63. The molecule has 1 N–H and O–H groups in total. The molecule has 0 amide bonds. The lowest BCUT2D eigenvalue weighted by atomic mass is 10.1. The van der Waals surface area contributed by atoms with Crippen LogP contribution < -0.4 is 15.0 Å². The summed E-state index contributed by atoms with van der Waals surface area (Å²) in [5, 5.41) is 0.448. The maximum atomic E-state index is 15.1. The Labute approximate surface area is 213 Å². The Bertz CT molecular complexity index is 1700. The largest absolute Gasteiger partial charge is 0.495 e. The van der Waals surface area contributed by atoms with Crippen LogP contribution in [0.2, 0.25) is 0 Å². The summed E-state index contributed by atoms with van der Waals surface area (Å²) in [4.78, 5) is 20.6. The second-order valence-electron chi connectivity index (χ2n) is 8.66. The van der Waals surface area contributed by atoms with Crippen molar-refractivity contribution in [2.75, 3.05) is 11.8 Å². The van der Waals surface area contributed by atoms with Crippen molar-refractivity contribution in [2.45, 2.75) is 30.6 Å². The molecule has 8 nitrogen and oxygen atoms in total. The van der Waals surface area contributed by atoms with Crippen molar-refractivity contribution < 1.29 is 17.5 Å². The first kappa shape index (κ1) is 24.5. The molecule has 1 aliphatic rings. The Morgan fingerprint density at radius 2 is 1.84 bits per heavy atom. The van der Waals surface area contributed by atoms with Gasteiger partial charge in [-0.2, -0.15) is 0 Å². The quantitative estimate of drug-likeness (QED) is 0.396. The molecule has 1 fully saturated rings. The molecule has 0 radical (unpaired) electrons. The van der Waals surface area contributed by atoms with Gasteiger partial charge in [0.15, 0.2) is 0 Å². The van der Waals surface area contributed by atoms with E-state index in [0.717, 1.165) is 25.7 Å². The summed E-state index contributed by atoms with van der Waals surface area (Å²) in [6.45, 7) is 0. The monoisotopic (exact) mass is 518 g/mol. The van der Waals surface area contributed by atoms with Crippen LogP contribution in [0.5, 0.6) is 5.75 Å². The van der Waals surface area contributed by atoms with Gasteiger partial charge in [0.25, 0.3) is 15.6 Å². The number of methoxy groups -OCH3 is 1. The zero-order chi connectivity index (χ0) is 26.0.